The third-order valence-corrected chi connectivity index (χ3v) is 3.21. The standard InChI is InChI=1S/C12H25NO2/c1-3-13(11-7-5-6-8-11)9-12(14)10-15-4-2/h11-12,14H,3-10H2,1-2H3. The van der Waals surface area contributed by atoms with Crippen LogP contribution in [0.2, 0.25) is 0 Å². The zero-order valence-electron chi connectivity index (χ0n) is 10.1. The molecule has 3 heteroatoms. The monoisotopic (exact) mass is 215 g/mol. The summed E-state index contributed by atoms with van der Waals surface area (Å²) >= 11 is 0. The van der Waals surface area contributed by atoms with Crippen molar-refractivity contribution in [2.45, 2.75) is 51.7 Å². The van der Waals surface area contributed by atoms with E-state index in [4.69, 9.17) is 4.74 Å². The first-order chi connectivity index (χ1) is 7.27. The molecule has 1 N–H and O–H groups in total. The van der Waals surface area contributed by atoms with Gasteiger partial charge in [0.15, 0.2) is 0 Å². The van der Waals surface area contributed by atoms with E-state index in [9.17, 15) is 5.11 Å². The van der Waals surface area contributed by atoms with Crippen LogP contribution in [0.3, 0.4) is 0 Å². The van der Waals surface area contributed by atoms with E-state index in [1.54, 1.807) is 0 Å². The number of ether oxygens (including phenoxy) is 1. The van der Waals surface area contributed by atoms with Gasteiger partial charge in [-0.3, -0.25) is 4.90 Å². The van der Waals surface area contributed by atoms with Gasteiger partial charge in [0.05, 0.1) is 12.7 Å². The Kier molecular flexibility index (Phi) is 6.22. The Morgan fingerprint density at radius 2 is 2.00 bits per heavy atom. The lowest BCUT2D eigenvalue weighted by molar-refractivity contribution is 0.0140. The zero-order chi connectivity index (χ0) is 11.1. The number of aliphatic hydroxyl groups excluding tert-OH is 1. The van der Waals surface area contributed by atoms with Gasteiger partial charge in [0, 0.05) is 19.2 Å². The molecule has 1 atom stereocenters. The number of rotatable bonds is 7. The van der Waals surface area contributed by atoms with Crippen molar-refractivity contribution in [2.24, 2.45) is 0 Å². The van der Waals surface area contributed by atoms with Crippen molar-refractivity contribution in [3.05, 3.63) is 0 Å². The summed E-state index contributed by atoms with van der Waals surface area (Å²) in [6, 6.07) is 0.700. The first-order valence-corrected chi connectivity index (χ1v) is 6.27. The number of hydrogen-bond donors (Lipinski definition) is 1. The molecule has 90 valence electrons. The largest absolute Gasteiger partial charge is 0.389 e. The fourth-order valence-corrected chi connectivity index (χ4v) is 2.38. The van der Waals surface area contributed by atoms with E-state index in [1.807, 2.05) is 6.92 Å². The Balaban J connectivity index is 2.25. The molecule has 0 amide bonds. The summed E-state index contributed by atoms with van der Waals surface area (Å²) in [5.41, 5.74) is 0. The van der Waals surface area contributed by atoms with Crippen LogP contribution in [0.25, 0.3) is 0 Å². The van der Waals surface area contributed by atoms with Gasteiger partial charge < -0.3 is 9.84 Å². The van der Waals surface area contributed by atoms with E-state index in [0.29, 0.717) is 19.3 Å². The minimum Gasteiger partial charge on any atom is -0.389 e. The molecule has 15 heavy (non-hydrogen) atoms. The predicted octanol–water partition coefficient (Wildman–Crippen LogP) is 1.65. The molecule has 1 unspecified atom stereocenters. The van der Waals surface area contributed by atoms with Gasteiger partial charge in [0.25, 0.3) is 0 Å². The second-order valence-electron chi connectivity index (χ2n) is 4.34. The number of likely N-dealkylation sites (N-methyl/N-ethyl adjacent to an activating group) is 1. The lowest BCUT2D eigenvalue weighted by atomic mass is 10.2. The molecule has 0 aromatic heterocycles. The Bertz CT molecular complexity index is 158. The molecular weight excluding hydrogens is 190 g/mol. The average Bonchev–Trinajstić information content (AvgIpc) is 2.76. The van der Waals surface area contributed by atoms with Crippen molar-refractivity contribution in [3.8, 4) is 0 Å². The minimum absolute atomic E-state index is 0.328. The van der Waals surface area contributed by atoms with E-state index >= 15 is 0 Å². The van der Waals surface area contributed by atoms with Crippen molar-refractivity contribution < 1.29 is 9.84 Å². The molecule has 0 bridgehead atoms. The third-order valence-electron chi connectivity index (χ3n) is 3.21. The maximum atomic E-state index is 9.78. The average molecular weight is 215 g/mol. The maximum Gasteiger partial charge on any atom is 0.0900 e. The van der Waals surface area contributed by atoms with Gasteiger partial charge in [0.2, 0.25) is 0 Å². The first-order valence-electron chi connectivity index (χ1n) is 6.27. The van der Waals surface area contributed by atoms with Gasteiger partial charge >= 0.3 is 0 Å². The molecule has 1 aliphatic rings. The minimum atomic E-state index is -0.328. The topological polar surface area (TPSA) is 32.7 Å². The van der Waals surface area contributed by atoms with Crippen molar-refractivity contribution in [1.29, 1.82) is 0 Å². The Morgan fingerprint density at radius 3 is 2.53 bits per heavy atom. The van der Waals surface area contributed by atoms with E-state index in [-0.39, 0.29) is 6.10 Å². The van der Waals surface area contributed by atoms with Gasteiger partial charge in [-0.15, -0.1) is 0 Å². The maximum absolute atomic E-state index is 9.78. The van der Waals surface area contributed by atoms with E-state index < -0.39 is 0 Å². The van der Waals surface area contributed by atoms with E-state index in [0.717, 1.165) is 13.1 Å². The van der Waals surface area contributed by atoms with Crippen LogP contribution in [-0.2, 0) is 4.74 Å². The molecule has 0 aliphatic heterocycles. The molecule has 0 radical (unpaired) electrons. The van der Waals surface area contributed by atoms with Crippen LogP contribution in [0, 0.1) is 0 Å². The smallest absolute Gasteiger partial charge is 0.0900 e. The van der Waals surface area contributed by atoms with Crippen molar-refractivity contribution >= 4 is 0 Å². The van der Waals surface area contributed by atoms with Crippen molar-refractivity contribution in [1.82, 2.24) is 4.90 Å². The second-order valence-corrected chi connectivity index (χ2v) is 4.34. The van der Waals surface area contributed by atoms with Gasteiger partial charge in [-0.1, -0.05) is 19.8 Å². The summed E-state index contributed by atoms with van der Waals surface area (Å²) in [5.74, 6) is 0. The molecule has 0 heterocycles. The molecule has 1 saturated carbocycles. The first kappa shape index (κ1) is 12.9. The highest BCUT2D eigenvalue weighted by Gasteiger charge is 2.22. The Hall–Kier alpha value is -0.120. The Morgan fingerprint density at radius 1 is 1.33 bits per heavy atom. The zero-order valence-corrected chi connectivity index (χ0v) is 10.1. The third kappa shape index (κ3) is 4.49. The van der Waals surface area contributed by atoms with Crippen LogP contribution in [0.4, 0.5) is 0 Å². The summed E-state index contributed by atoms with van der Waals surface area (Å²) in [6.07, 6.45) is 4.97. The fourth-order valence-electron chi connectivity index (χ4n) is 2.38. The quantitative estimate of drug-likeness (QED) is 0.701. The van der Waals surface area contributed by atoms with Crippen LogP contribution in [-0.4, -0.2) is 48.5 Å². The highest BCUT2D eigenvalue weighted by Crippen LogP contribution is 2.23. The van der Waals surface area contributed by atoms with Crippen LogP contribution in [0.15, 0.2) is 0 Å². The fraction of sp³-hybridized carbons (Fsp3) is 1.00. The van der Waals surface area contributed by atoms with Crippen LogP contribution in [0.5, 0.6) is 0 Å². The SMILES string of the molecule is CCOCC(O)CN(CC)C1CCCC1. The van der Waals surface area contributed by atoms with Gasteiger partial charge in [-0.25, -0.2) is 0 Å². The highest BCUT2D eigenvalue weighted by atomic mass is 16.5. The van der Waals surface area contributed by atoms with E-state index in [1.165, 1.54) is 25.7 Å². The van der Waals surface area contributed by atoms with Gasteiger partial charge in [-0.2, -0.15) is 0 Å². The van der Waals surface area contributed by atoms with Gasteiger partial charge in [-0.05, 0) is 26.3 Å². The number of nitrogens with zero attached hydrogens (tertiary/aromatic N) is 1. The van der Waals surface area contributed by atoms with Crippen LogP contribution in [0.1, 0.15) is 39.5 Å². The molecule has 1 aliphatic carbocycles. The molecule has 0 saturated heterocycles. The highest BCUT2D eigenvalue weighted by molar-refractivity contribution is 4.78. The summed E-state index contributed by atoms with van der Waals surface area (Å²) in [6.45, 7) is 7.09. The lowest BCUT2D eigenvalue weighted by Gasteiger charge is -2.29. The van der Waals surface area contributed by atoms with Gasteiger partial charge in [0.1, 0.15) is 0 Å². The van der Waals surface area contributed by atoms with E-state index in [2.05, 4.69) is 11.8 Å². The second kappa shape index (κ2) is 7.20. The van der Waals surface area contributed by atoms with Crippen molar-refractivity contribution in [3.63, 3.8) is 0 Å². The Labute approximate surface area is 93.4 Å². The molecule has 1 rings (SSSR count). The molecule has 0 aromatic rings. The molecule has 3 nitrogen and oxygen atoms in total. The summed E-state index contributed by atoms with van der Waals surface area (Å²) in [4.78, 5) is 2.40. The summed E-state index contributed by atoms with van der Waals surface area (Å²) < 4.78 is 5.23. The van der Waals surface area contributed by atoms with Crippen molar-refractivity contribution in [2.75, 3.05) is 26.3 Å². The summed E-state index contributed by atoms with van der Waals surface area (Å²) in [7, 11) is 0. The predicted molar refractivity (Wildman–Crippen MR) is 62.0 cm³/mol. The number of aliphatic hydroxyl groups is 1. The lowest BCUT2D eigenvalue weighted by Crippen LogP contribution is -2.40. The number of hydrogen-bond acceptors (Lipinski definition) is 3. The normalized spacial score (nSPS) is 20.0. The van der Waals surface area contributed by atoms with Crippen LogP contribution < -0.4 is 0 Å². The summed E-state index contributed by atoms with van der Waals surface area (Å²) in [5, 5.41) is 9.78. The molecule has 0 aromatic carbocycles. The van der Waals surface area contributed by atoms with Crippen LogP contribution >= 0.6 is 0 Å². The molecule has 0 spiro atoms. The molecule has 1 fully saturated rings. The molecular formula is C12H25NO2.